The van der Waals surface area contributed by atoms with Crippen LogP contribution < -0.4 is 5.32 Å². The van der Waals surface area contributed by atoms with Gasteiger partial charge < -0.3 is 10.2 Å². The van der Waals surface area contributed by atoms with E-state index in [0.29, 0.717) is 17.9 Å². The van der Waals surface area contributed by atoms with E-state index in [1.807, 2.05) is 30.0 Å². The first kappa shape index (κ1) is 14.2. The maximum atomic E-state index is 12.5. The number of amides is 2. The Morgan fingerprint density at radius 2 is 2.04 bits per heavy atom. The standard InChI is InChI=1S/C16H20N6O/c1-10-6-7-12(8-15(10)22-19-11(2)18-20-22)17-16(23)21-13-4-3-5-14(21)9-13/h6-8,13-14H,3-5,9H2,1-2H3,(H,17,23). The van der Waals surface area contributed by atoms with E-state index in [2.05, 4.69) is 20.7 Å². The average molecular weight is 312 g/mol. The fraction of sp³-hybridized carbons (Fsp3) is 0.500. The van der Waals surface area contributed by atoms with E-state index in [1.54, 1.807) is 6.92 Å². The van der Waals surface area contributed by atoms with Crippen LogP contribution in [0, 0.1) is 13.8 Å². The summed E-state index contributed by atoms with van der Waals surface area (Å²) in [6, 6.07) is 6.63. The van der Waals surface area contributed by atoms with Gasteiger partial charge in [-0.05, 0) is 62.4 Å². The Morgan fingerprint density at radius 3 is 2.70 bits per heavy atom. The second-order valence-corrected chi connectivity index (χ2v) is 6.44. The molecule has 7 nitrogen and oxygen atoms in total. The fourth-order valence-electron chi connectivity index (χ4n) is 3.61. The van der Waals surface area contributed by atoms with Crippen molar-refractivity contribution in [2.75, 3.05) is 5.32 Å². The van der Waals surface area contributed by atoms with E-state index in [9.17, 15) is 4.79 Å². The molecule has 1 aromatic heterocycles. The van der Waals surface area contributed by atoms with Crippen LogP contribution >= 0.6 is 0 Å². The molecule has 4 rings (SSSR count). The molecule has 2 aliphatic rings. The molecule has 1 N–H and O–H groups in total. The molecule has 2 unspecified atom stereocenters. The van der Waals surface area contributed by atoms with Gasteiger partial charge in [0.1, 0.15) is 0 Å². The third-order valence-corrected chi connectivity index (χ3v) is 4.83. The number of carbonyl (C=O) groups is 1. The van der Waals surface area contributed by atoms with Crippen molar-refractivity contribution in [3.63, 3.8) is 0 Å². The predicted octanol–water partition coefficient (Wildman–Crippen LogP) is 2.44. The molecule has 0 radical (unpaired) electrons. The topological polar surface area (TPSA) is 75.9 Å². The molecule has 120 valence electrons. The van der Waals surface area contributed by atoms with Crippen molar-refractivity contribution in [3.8, 4) is 5.69 Å². The first-order valence-corrected chi connectivity index (χ1v) is 8.09. The van der Waals surface area contributed by atoms with Gasteiger partial charge in [0.05, 0.1) is 5.69 Å². The van der Waals surface area contributed by atoms with Crippen molar-refractivity contribution >= 4 is 11.7 Å². The zero-order valence-electron chi connectivity index (χ0n) is 13.4. The second-order valence-electron chi connectivity index (χ2n) is 6.44. The van der Waals surface area contributed by atoms with Crippen LogP contribution in [-0.2, 0) is 0 Å². The van der Waals surface area contributed by atoms with Crippen LogP contribution in [0.2, 0.25) is 0 Å². The lowest BCUT2D eigenvalue weighted by molar-refractivity contribution is 0.0173. The highest BCUT2D eigenvalue weighted by Crippen LogP contribution is 2.38. The molecule has 7 heteroatoms. The van der Waals surface area contributed by atoms with Gasteiger partial charge in [-0.15, -0.1) is 15.0 Å². The maximum absolute atomic E-state index is 12.5. The number of aryl methyl sites for hydroxylation is 2. The van der Waals surface area contributed by atoms with Crippen LogP contribution in [-0.4, -0.2) is 43.2 Å². The fourth-order valence-corrected chi connectivity index (χ4v) is 3.61. The Kier molecular flexibility index (Phi) is 3.28. The van der Waals surface area contributed by atoms with Crippen LogP contribution in [0.3, 0.4) is 0 Å². The number of benzene rings is 1. The van der Waals surface area contributed by atoms with Crippen molar-refractivity contribution in [2.24, 2.45) is 0 Å². The number of hydrogen-bond acceptors (Lipinski definition) is 4. The molecular weight excluding hydrogens is 292 g/mol. The van der Waals surface area contributed by atoms with Gasteiger partial charge in [0.15, 0.2) is 5.82 Å². The van der Waals surface area contributed by atoms with Gasteiger partial charge in [-0.1, -0.05) is 6.07 Å². The summed E-state index contributed by atoms with van der Waals surface area (Å²) in [6.45, 7) is 3.78. The number of piperidine rings is 1. The SMILES string of the molecule is Cc1nnn(-c2cc(NC(=O)N3C4CCCC3C4)ccc2C)n1. The normalized spacial score (nSPS) is 22.6. The second kappa shape index (κ2) is 5.33. The molecule has 3 heterocycles. The molecule has 2 fully saturated rings. The molecule has 2 bridgehead atoms. The zero-order chi connectivity index (χ0) is 16.0. The average Bonchev–Trinajstić information content (AvgIpc) is 2.96. The molecule has 1 aromatic carbocycles. The monoisotopic (exact) mass is 312 g/mol. The van der Waals surface area contributed by atoms with Gasteiger partial charge in [0, 0.05) is 17.8 Å². The lowest BCUT2D eigenvalue weighted by Crippen LogP contribution is -2.62. The van der Waals surface area contributed by atoms with Crippen molar-refractivity contribution in [1.29, 1.82) is 0 Å². The van der Waals surface area contributed by atoms with E-state index < -0.39 is 0 Å². The molecule has 0 aliphatic carbocycles. The number of hydrogen-bond donors (Lipinski definition) is 1. The smallest absolute Gasteiger partial charge is 0.318 e. The lowest BCUT2D eigenvalue weighted by Gasteiger charge is -2.52. The third-order valence-electron chi connectivity index (χ3n) is 4.83. The number of nitrogens with one attached hydrogen (secondary N) is 1. The Morgan fingerprint density at radius 1 is 1.26 bits per heavy atom. The van der Waals surface area contributed by atoms with E-state index in [1.165, 1.54) is 11.2 Å². The van der Waals surface area contributed by atoms with Crippen molar-refractivity contribution in [1.82, 2.24) is 25.1 Å². The zero-order valence-corrected chi connectivity index (χ0v) is 13.4. The minimum Gasteiger partial charge on any atom is -0.318 e. The van der Waals surface area contributed by atoms with E-state index in [4.69, 9.17) is 0 Å². The summed E-state index contributed by atoms with van der Waals surface area (Å²) >= 11 is 0. The van der Waals surface area contributed by atoms with Crippen molar-refractivity contribution in [2.45, 2.75) is 51.6 Å². The minimum absolute atomic E-state index is 0.00323. The molecule has 2 atom stereocenters. The minimum atomic E-state index is 0.00323. The van der Waals surface area contributed by atoms with E-state index in [0.717, 1.165) is 36.2 Å². The number of carbonyl (C=O) groups excluding carboxylic acids is 1. The van der Waals surface area contributed by atoms with Gasteiger partial charge >= 0.3 is 6.03 Å². The van der Waals surface area contributed by atoms with Gasteiger partial charge in [-0.25, -0.2) is 4.79 Å². The molecule has 0 saturated carbocycles. The molecular formula is C16H20N6O. The Hall–Kier alpha value is -2.44. The number of tetrazole rings is 1. The molecule has 0 spiro atoms. The van der Waals surface area contributed by atoms with Gasteiger partial charge in [0.2, 0.25) is 0 Å². The Bertz CT molecular complexity index is 741. The van der Waals surface area contributed by atoms with Gasteiger partial charge in [-0.3, -0.25) is 0 Å². The first-order chi connectivity index (χ1) is 11.1. The van der Waals surface area contributed by atoms with Crippen LogP contribution in [0.1, 0.15) is 37.1 Å². The third kappa shape index (κ3) is 2.46. The molecule has 2 aromatic rings. The summed E-state index contributed by atoms with van der Waals surface area (Å²) in [7, 11) is 0. The number of nitrogens with zero attached hydrogens (tertiary/aromatic N) is 5. The molecule has 2 saturated heterocycles. The van der Waals surface area contributed by atoms with Crippen molar-refractivity contribution < 1.29 is 4.79 Å². The van der Waals surface area contributed by atoms with Gasteiger partial charge in [-0.2, -0.15) is 0 Å². The Labute approximate surface area is 134 Å². The lowest BCUT2D eigenvalue weighted by atomic mass is 9.80. The van der Waals surface area contributed by atoms with E-state index >= 15 is 0 Å². The van der Waals surface area contributed by atoms with E-state index in [-0.39, 0.29) is 6.03 Å². The summed E-state index contributed by atoms with van der Waals surface area (Å²) in [5.41, 5.74) is 2.61. The molecule has 23 heavy (non-hydrogen) atoms. The van der Waals surface area contributed by atoms with Crippen molar-refractivity contribution in [3.05, 3.63) is 29.6 Å². The quantitative estimate of drug-likeness (QED) is 0.924. The molecule has 2 aliphatic heterocycles. The number of fused-ring (bicyclic) bond motifs is 2. The predicted molar refractivity (Wildman–Crippen MR) is 85.5 cm³/mol. The Balaban J connectivity index is 1.54. The summed E-state index contributed by atoms with van der Waals surface area (Å²) in [5, 5.41) is 15.2. The summed E-state index contributed by atoms with van der Waals surface area (Å²) in [6.07, 6.45) is 4.66. The maximum Gasteiger partial charge on any atom is 0.322 e. The highest BCUT2D eigenvalue weighted by molar-refractivity contribution is 5.90. The first-order valence-electron chi connectivity index (χ1n) is 8.09. The van der Waals surface area contributed by atoms with Crippen LogP contribution in [0.4, 0.5) is 10.5 Å². The van der Waals surface area contributed by atoms with Gasteiger partial charge in [0.25, 0.3) is 0 Å². The van der Waals surface area contributed by atoms with Crippen LogP contribution in [0.5, 0.6) is 0 Å². The summed E-state index contributed by atoms with van der Waals surface area (Å²) in [4.78, 5) is 16.0. The largest absolute Gasteiger partial charge is 0.322 e. The molecule has 2 amide bonds. The highest BCUT2D eigenvalue weighted by atomic mass is 16.2. The van der Waals surface area contributed by atoms with Crippen LogP contribution in [0.15, 0.2) is 18.2 Å². The highest BCUT2D eigenvalue weighted by Gasteiger charge is 2.44. The number of aromatic nitrogens is 4. The summed E-state index contributed by atoms with van der Waals surface area (Å²) < 4.78 is 0. The number of urea groups is 1. The summed E-state index contributed by atoms with van der Waals surface area (Å²) in [5.74, 6) is 0.618. The number of anilines is 1. The van der Waals surface area contributed by atoms with Crippen LogP contribution in [0.25, 0.3) is 5.69 Å². The number of rotatable bonds is 2.